The Labute approximate surface area is 128 Å². The van der Waals surface area contributed by atoms with E-state index in [0.29, 0.717) is 13.1 Å². The lowest BCUT2D eigenvalue weighted by Gasteiger charge is -2.29. The van der Waals surface area contributed by atoms with Gasteiger partial charge in [-0.2, -0.15) is 0 Å². The summed E-state index contributed by atoms with van der Waals surface area (Å²) < 4.78 is 0. The van der Waals surface area contributed by atoms with Crippen LogP contribution in [-0.4, -0.2) is 42.4 Å². The second-order valence-corrected chi connectivity index (χ2v) is 6.02. The number of nitrogens with two attached hydrogens (primary N) is 1. The topological polar surface area (TPSA) is 75.4 Å². The third-order valence-electron chi connectivity index (χ3n) is 4.10. The molecule has 0 spiro atoms. The molecule has 3 N–H and O–H groups in total. The van der Waals surface area contributed by atoms with Gasteiger partial charge in [0.05, 0.1) is 12.5 Å². The van der Waals surface area contributed by atoms with Crippen molar-refractivity contribution < 1.29 is 9.59 Å². The molecule has 0 heterocycles. The highest BCUT2D eigenvalue weighted by atomic mass is 16.2. The lowest BCUT2D eigenvalue weighted by atomic mass is 9.94. The van der Waals surface area contributed by atoms with E-state index in [1.165, 1.54) is 0 Å². The molecule has 5 heteroatoms. The fraction of sp³-hybridized carbons (Fsp3) is 0.875. The van der Waals surface area contributed by atoms with Crippen molar-refractivity contribution >= 4 is 11.8 Å². The molecule has 0 radical (unpaired) electrons. The number of carbonyl (C=O) groups is 2. The molecule has 2 amide bonds. The molecule has 1 aliphatic rings. The summed E-state index contributed by atoms with van der Waals surface area (Å²) in [6.07, 6.45) is 6.86. The summed E-state index contributed by atoms with van der Waals surface area (Å²) in [6, 6.07) is -0.0574. The van der Waals surface area contributed by atoms with Crippen LogP contribution in [0.5, 0.6) is 0 Å². The molecule has 1 fully saturated rings. The predicted octanol–water partition coefficient (Wildman–Crippen LogP) is 1.66. The quantitative estimate of drug-likeness (QED) is 0.702. The summed E-state index contributed by atoms with van der Waals surface area (Å²) in [5, 5.41) is 2.84. The van der Waals surface area contributed by atoms with Crippen LogP contribution in [-0.2, 0) is 9.59 Å². The molecule has 21 heavy (non-hydrogen) atoms. The molecule has 1 aliphatic carbocycles. The Balaban J connectivity index is 2.64. The summed E-state index contributed by atoms with van der Waals surface area (Å²) in [6.45, 7) is 5.49. The number of hydrogen-bond donors (Lipinski definition) is 2. The Kier molecular flexibility index (Phi) is 8.35. The van der Waals surface area contributed by atoms with Gasteiger partial charge in [-0.1, -0.05) is 33.1 Å². The highest BCUT2D eigenvalue weighted by molar-refractivity contribution is 5.86. The first-order chi connectivity index (χ1) is 10.1. The van der Waals surface area contributed by atoms with Crippen molar-refractivity contribution in [3.8, 4) is 0 Å². The van der Waals surface area contributed by atoms with Gasteiger partial charge in [0.1, 0.15) is 0 Å². The van der Waals surface area contributed by atoms with Crippen LogP contribution in [0.25, 0.3) is 0 Å². The first kappa shape index (κ1) is 18.0. The highest BCUT2D eigenvalue weighted by Crippen LogP contribution is 2.24. The van der Waals surface area contributed by atoms with E-state index >= 15 is 0 Å². The van der Waals surface area contributed by atoms with Crippen LogP contribution in [0.4, 0.5) is 0 Å². The summed E-state index contributed by atoms with van der Waals surface area (Å²) in [5.41, 5.74) is 6.18. The standard InChI is InChI=1S/C16H31N3O2/c1-3-10-18-15(20)12-19(11-4-2)16(21)13-8-6-5-7-9-14(13)17/h13-14H,3-12,17H2,1-2H3,(H,18,20). The van der Waals surface area contributed by atoms with Gasteiger partial charge < -0.3 is 16.0 Å². The maximum atomic E-state index is 12.7. The van der Waals surface area contributed by atoms with E-state index in [1.807, 2.05) is 13.8 Å². The summed E-state index contributed by atoms with van der Waals surface area (Å²) >= 11 is 0. The van der Waals surface area contributed by atoms with Crippen LogP contribution < -0.4 is 11.1 Å². The molecule has 0 aliphatic heterocycles. The van der Waals surface area contributed by atoms with Crippen molar-refractivity contribution in [1.82, 2.24) is 10.2 Å². The van der Waals surface area contributed by atoms with Crippen molar-refractivity contribution in [2.24, 2.45) is 11.7 Å². The van der Waals surface area contributed by atoms with Gasteiger partial charge in [-0.25, -0.2) is 0 Å². The Bertz CT molecular complexity index is 333. The van der Waals surface area contributed by atoms with Crippen LogP contribution in [0, 0.1) is 5.92 Å². The maximum Gasteiger partial charge on any atom is 0.239 e. The maximum absolute atomic E-state index is 12.7. The predicted molar refractivity (Wildman–Crippen MR) is 84.7 cm³/mol. The smallest absolute Gasteiger partial charge is 0.239 e. The average molecular weight is 297 g/mol. The van der Waals surface area contributed by atoms with E-state index in [0.717, 1.165) is 44.9 Å². The van der Waals surface area contributed by atoms with E-state index in [2.05, 4.69) is 5.32 Å². The fourth-order valence-electron chi connectivity index (χ4n) is 2.91. The Morgan fingerprint density at radius 2 is 1.86 bits per heavy atom. The van der Waals surface area contributed by atoms with Crippen molar-refractivity contribution in [1.29, 1.82) is 0 Å². The van der Waals surface area contributed by atoms with Gasteiger partial charge in [0.25, 0.3) is 0 Å². The zero-order valence-corrected chi connectivity index (χ0v) is 13.6. The molecule has 0 aromatic heterocycles. The molecular formula is C16H31N3O2. The number of carbonyl (C=O) groups excluding carboxylic acids is 2. The molecule has 5 nitrogen and oxygen atoms in total. The zero-order chi connectivity index (χ0) is 15.7. The van der Waals surface area contributed by atoms with Crippen molar-refractivity contribution in [3.05, 3.63) is 0 Å². The number of rotatable bonds is 7. The summed E-state index contributed by atoms with van der Waals surface area (Å²) in [5.74, 6) is -0.114. The van der Waals surface area contributed by atoms with Crippen LogP contribution in [0.2, 0.25) is 0 Å². The third kappa shape index (κ3) is 6.04. The zero-order valence-electron chi connectivity index (χ0n) is 13.6. The number of nitrogens with one attached hydrogen (secondary N) is 1. The molecule has 2 unspecified atom stereocenters. The molecule has 0 bridgehead atoms. The Morgan fingerprint density at radius 1 is 1.14 bits per heavy atom. The highest BCUT2D eigenvalue weighted by Gasteiger charge is 2.31. The normalized spacial score (nSPS) is 22.4. The van der Waals surface area contributed by atoms with Crippen LogP contribution in [0.3, 0.4) is 0 Å². The molecule has 122 valence electrons. The average Bonchev–Trinajstić information content (AvgIpc) is 2.68. The van der Waals surface area contributed by atoms with Gasteiger partial charge in [0.2, 0.25) is 11.8 Å². The minimum atomic E-state index is -0.113. The second-order valence-electron chi connectivity index (χ2n) is 6.02. The van der Waals surface area contributed by atoms with Crippen LogP contribution in [0.1, 0.15) is 58.8 Å². The van der Waals surface area contributed by atoms with Gasteiger partial charge >= 0.3 is 0 Å². The fourth-order valence-corrected chi connectivity index (χ4v) is 2.91. The van der Waals surface area contributed by atoms with Crippen LogP contribution >= 0.6 is 0 Å². The lowest BCUT2D eigenvalue weighted by molar-refractivity contribution is -0.140. The lowest BCUT2D eigenvalue weighted by Crippen LogP contribution is -2.47. The SMILES string of the molecule is CCCNC(=O)CN(CCC)C(=O)C1CCCCCC1N. The summed E-state index contributed by atoms with van der Waals surface area (Å²) in [4.78, 5) is 26.3. The first-order valence-corrected chi connectivity index (χ1v) is 8.41. The number of hydrogen-bond acceptors (Lipinski definition) is 3. The number of amides is 2. The number of nitrogens with zero attached hydrogens (tertiary/aromatic N) is 1. The molecule has 1 saturated carbocycles. The van der Waals surface area contributed by atoms with E-state index in [9.17, 15) is 9.59 Å². The minimum absolute atomic E-state index is 0.0574. The third-order valence-corrected chi connectivity index (χ3v) is 4.10. The molecular weight excluding hydrogens is 266 g/mol. The second kappa shape index (κ2) is 9.77. The Hall–Kier alpha value is -1.10. The monoisotopic (exact) mass is 297 g/mol. The molecule has 2 atom stereocenters. The largest absolute Gasteiger partial charge is 0.355 e. The van der Waals surface area contributed by atoms with Crippen LogP contribution in [0.15, 0.2) is 0 Å². The van der Waals surface area contributed by atoms with Gasteiger partial charge in [-0.05, 0) is 25.7 Å². The van der Waals surface area contributed by atoms with E-state index in [1.54, 1.807) is 4.90 Å². The molecule has 0 aromatic rings. The molecule has 0 saturated heterocycles. The molecule has 0 aromatic carbocycles. The van der Waals surface area contributed by atoms with Crippen molar-refractivity contribution in [3.63, 3.8) is 0 Å². The van der Waals surface area contributed by atoms with Crippen molar-refractivity contribution in [2.45, 2.75) is 64.8 Å². The minimum Gasteiger partial charge on any atom is -0.355 e. The van der Waals surface area contributed by atoms with Gasteiger partial charge in [0.15, 0.2) is 0 Å². The first-order valence-electron chi connectivity index (χ1n) is 8.41. The van der Waals surface area contributed by atoms with E-state index in [4.69, 9.17) is 5.73 Å². The summed E-state index contributed by atoms with van der Waals surface area (Å²) in [7, 11) is 0. The molecule has 1 rings (SSSR count). The van der Waals surface area contributed by atoms with Gasteiger partial charge in [-0.3, -0.25) is 9.59 Å². The van der Waals surface area contributed by atoms with Gasteiger partial charge in [0, 0.05) is 19.1 Å². The Morgan fingerprint density at radius 3 is 2.52 bits per heavy atom. The van der Waals surface area contributed by atoms with E-state index < -0.39 is 0 Å². The van der Waals surface area contributed by atoms with Crippen molar-refractivity contribution in [2.75, 3.05) is 19.6 Å². The van der Waals surface area contributed by atoms with Gasteiger partial charge in [-0.15, -0.1) is 0 Å². The van der Waals surface area contributed by atoms with E-state index in [-0.39, 0.29) is 30.3 Å².